The second kappa shape index (κ2) is 4.21. The maximum Gasteiger partial charge on any atom is 0.201 e. The van der Waals surface area contributed by atoms with Crippen molar-refractivity contribution in [2.24, 2.45) is 0 Å². The number of benzene rings is 2. The zero-order valence-corrected chi connectivity index (χ0v) is 10.5. The number of para-hydroxylation sites is 1. The molecule has 1 heterocycles. The minimum atomic E-state index is -1.56. The predicted molar refractivity (Wildman–Crippen MR) is 71.2 cm³/mol. The number of carbonyl (C=O) groups is 1. The molecule has 96 valence electrons. The number of ether oxygens (including phenoxy) is 1. The van der Waals surface area contributed by atoms with E-state index in [1.807, 2.05) is 36.4 Å². The third kappa shape index (κ3) is 1.83. The van der Waals surface area contributed by atoms with Gasteiger partial charge in [-0.1, -0.05) is 42.5 Å². The number of rotatable bonds is 1. The van der Waals surface area contributed by atoms with Crippen molar-refractivity contribution in [1.29, 1.82) is 0 Å². The molecule has 2 aromatic rings. The van der Waals surface area contributed by atoms with Crippen molar-refractivity contribution in [2.75, 3.05) is 0 Å². The summed E-state index contributed by atoms with van der Waals surface area (Å²) in [5, 5.41) is 10.5. The molecule has 0 saturated carbocycles. The molecule has 0 saturated heterocycles. The highest BCUT2D eigenvalue weighted by Crippen LogP contribution is 2.40. The van der Waals surface area contributed by atoms with Gasteiger partial charge >= 0.3 is 0 Å². The Labute approximate surface area is 111 Å². The normalized spacial score (nSPS) is 25.6. The Morgan fingerprint density at radius 2 is 1.68 bits per heavy atom. The van der Waals surface area contributed by atoms with Crippen LogP contribution < -0.4 is 4.74 Å². The Kier molecular flexibility index (Phi) is 2.64. The van der Waals surface area contributed by atoms with Crippen LogP contribution in [0, 0.1) is 0 Å². The summed E-state index contributed by atoms with van der Waals surface area (Å²) < 4.78 is 5.83. The first-order chi connectivity index (χ1) is 9.10. The van der Waals surface area contributed by atoms with E-state index in [2.05, 4.69) is 0 Å². The molecule has 0 aliphatic carbocycles. The monoisotopic (exact) mass is 254 g/mol. The summed E-state index contributed by atoms with van der Waals surface area (Å²) in [6.45, 7) is 1.50. The first kappa shape index (κ1) is 11.9. The Balaban J connectivity index is 2.11. The van der Waals surface area contributed by atoms with E-state index in [4.69, 9.17) is 4.74 Å². The fourth-order valence-electron chi connectivity index (χ4n) is 2.41. The SMILES string of the molecule is C[C@@]1(O)C(=O)c2ccccc2O[C@@H]1c1ccccc1. The third-order valence-corrected chi connectivity index (χ3v) is 3.45. The lowest BCUT2D eigenvalue weighted by atomic mass is 9.83. The van der Waals surface area contributed by atoms with Crippen molar-refractivity contribution in [3.05, 3.63) is 65.7 Å². The molecule has 0 aromatic heterocycles. The minimum Gasteiger partial charge on any atom is -0.481 e. The molecule has 0 spiro atoms. The van der Waals surface area contributed by atoms with Gasteiger partial charge in [0, 0.05) is 0 Å². The van der Waals surface area contributed by atoms with Crippen LogP contribution in [0.3, 0.4) is 0 Å². The Morgan fingerprint density at radius 1 is 1.05 bits per heavy atom. The molecule has 1 N–H and O–H groups in total. The van der Waals surface area contributed by atoms with Gasteiger partial charge < -0.3 is 9.84 Å². The number of Topliss-reactive ketones (excluding diaryl/α,β-unsaturated/α-hetero) is 1. The van der Waals surface area contributed by atoms with Crippen LogP contribution in [0.5, 0.6) is 5.75 Å². The zero-order chi connectivity index (χ0) is 13.5. The summed E-state index contributed by atoms with van der Waals surface area (Å²) in [7, 11) is 0. The van der Waals surface area contributed by atoms with Crippen molar-refractivity contribution >= 4 is 5.78 Å². The maximum atomic E-state index is 12.4. The molecule has 1 aliphatic heterocycles. The van der Waals surface area contributed by atoms with Crippen molar-refractivity contribution in [2.45, 2.75) is 18.6 Å². The summed E-state index contributed by atoms with van der Waals surface area (Å²) in [5.74, 6) is 0.219. The Hall–Kier alpha value is -2.13. The van der Waals surface area contributed by atoms with Gasteiger partial charge in [-0.25, -0.2) is 0 Å². The molecule has 19 heavy (non-hydrogen) atoms. The van der Waals surface area contributed by atoms with Crippen molar-refractivity contribution in [3.8, 4) is 5.75 Å². The van der Waals surface area contributed by atoms with Crippen LogP contribution in [0.2, 0.25) is 0 Å². The highest BCUT2D eigenvalue weighted by Gasteiger charge is 2.47. The average Bonchev–Trinajstić information content (AvgIpc) is 2.44. The number of carbonyl (C=O) groups excluding carboxylic acids is 1. The quantitative estimate of drug-likeness (QED) is 0.851. The number of aliphatic hydroxyl groups is 1. The fourth-order valence-corrected chi connectivity index (χ4v) is 2.41. The molecule has 2 atom stereocenters. The van der Waals surface area contributed by atoms with Gasteiger partial charge in [-0.05, 0) is 24.6 Å². The summed E-state index contributed by atoms with van der Waals surface area (Å²) in [5.41, 5.74) is -0.342. The third-order valence-electron chi connectivity index (χ3n) is 3.45. The van der Waals surface area contributed by atoms with Gasteiger partial charge in [0.1, 0.15) is 5.75 Å². The van der Waals surface area contributed by atoms with Crippen LogP contribution in [-0.2, 0) is 0 Å². The predicted octanol–water partition coefficient (Wildman–Crippen LogP) is 2.75. The molecule has 0 bridgehead atoms. The average molecular weight is 254 g/mol. The summed E-state index contributed by atoms with van der Waals surface area (Å²) in [6, 6.07) is 16.3. The van der Waals surface area contributed by atoms with E-state index in [0.717, 1.165) is 5.56 Å². The number of fused-ring (bicyclic) bond motifs is 1. The van der Waals surface area contributed by atoms with E-state index >= 15 is 0 Å². The van der Waals surface area contributed by atoms with Crippen molar-refractivity contribution in [1.82, 2.24) is 0 Å². The van der Waals surface area contributed by atoms with E-state index in [1.165, 1.54) is 6.92 Å². The summed E-state index contributed by atoms with van der Waals surface area (Å²) >= 11 is 0. The lowest BCUT2D eigenvalue weighted by Gasteiger charge is -2.37. The standard InChI is InChI=1S/C16H14O3/c1-16(18)14(17)12-9-5-6-10-13(12)19-15(16)11-7-3-2-4-8-11/h2-10,15,18H,1H3/t15-,16-/m1/s1. The van der Waals surface area contributed by atoms with E-state index in [0.29, 0.717) is 11.3 Å². The van der Waals surface area contributed by atoms with Crippen LogP contribution in [0.1, 0.15) is 28.9 Å². The zero-order valence-electron chi connectivity index (χ0n) is 10.5. The molecule has 0 amide bonds. The largest absolute Gasteiger partial charge is 0.481 e. The summed E-state index contributed by atoms with van der Waals surface area (Å²) in [4.78, 5) is 12.4. The molecular weight excluding hydrogens is 240 g/mol. The first-order valence-corrected chi connectivity index (χ1v) is 6.18. The van der Waals surface area contributed by atoms with Gasteiger partial charge in [0.25, 0.3) is 0 Å². The Bertz CT molecular complexity index is 617. The molecule has 3 nitrogen and oxygen atoms in total. The van der Waals surface area contributed by atoms with Gasteiger partial charge in [0.05, 0.1) is 5.56 Å². The van der Waals surface area contributed by atoms with Gasteiger partial charge in [-0.2, -0.15) is 0 Å². The summed E-state index contributed by atoms with van der Waals surface area (Å²) in [6.07, 6.45) is -0.684. The fraction of sp³-hybridized carbons (Fsp3) is 0.188. The van der Waals surface area contributed by atoms with Gasteiger partial charge in [0.15, 0.2) is 11.7 Å². The molecule has 0 unspecified atom stereocenters. The molecule has 1 aliphatic rings. The van der Waals surface area contributed by atoms with Crippen LogP contribution in [0.4, 0.5) is 0 Å². The van der Waals surface area contributed by atoms with Gasteiger partial charge in [-0.15, -0.1) is 0 Å². The Morgan fingerprint density at radius 3 is 2.42 bits per heavy atom. The molecule has 3 heteroatoms. The smallest absolute Gasteiger partial charge is 0.201 e. The van der Waals surface area contributed by atoms with E-state index in [9.17, 15) is 9.90 Å². The van der Waals surface area contributed by atoms with E-state index in [1.54, 1.807) is 18.2 Å². The van der Waals surface area contributed by atoms with E-state index in [-0.39, 0.29) is 5.78 Å². The maximum absolute atomic E-state index is 12.4. The molecular formula is C16H14O3. The first-order valence-electron chi connectivity index (χ1n) is 6.18. The van der Waals surface area contributed by atoms with Gasteiger partial charge in [0.2, 0.25) is 5.78 Å². The molecule has 0 radical (unpaired) electrons. The van der Waals surface area contributed by atoms with E-state index < -0.39 is 11.7 Å². The number of hydrogen-bond acceptors (Lipinski definition) is 3. The van der Waals surface area contributed by atoms with Crippen LogP contribution >= 0.6 is 0 Å². The number of ketones is 1. The van der Waals surface area contributed by atoms with Crippen molar-refractivity contribution < 1.29 is 14.6 Å². The lowest BCUT2D eigenvalue weighted by molar-refractivity contribution is -0.0379. The van der Waals surface area contributed by atoms with Crippen LogP contribution in [0.15, 0.2) is 54.6 Å². The minimum absolute atomic E-state index is 0.303. The second-order valence-electron chi connectivity index (χ2n) is 4.88. The van der Waals surface area contributed by atoms with Crippen LogP contribution in [0.25, 0.3) is 0 Å². The van der Waals surface area contributed by atoms with Crippen LogP contribution in [-0.4, -0.2) is 16.5 Å². The highest BCUT2D eigenvalue weighted by molar-refractivity contribution is 6.05. The van der Waals surface area contributed by atoms with Gasteiger partial charge in [-0.3, -0.25) is 4.79 Å². The topological polar surface area (TPSA) is 46.5 Å². The molecule has 3 rings (SSSR count). The highest BCUT2D eigenvalue weighted by atomic mass is 16.5. The number of hydrogen-bond donors (Lipinski definition) is 1. The molecule has 0 fully saturated rings. The lowest BCUT2D eigenvalue weighted by Crippen LogP contribution is -2.47. The second-order valence-corrected chi connectivity index (χ2v) is 4.88. The van der Waals surface area contributed by atoms with Crippen molar-refractivity contribution in [3.63, 3.8) is 0 Å². The molecule has 2 aromatic carbocycles.